The predicted molar refractivity (Wildman–Crippen MR) is 87.6 cm³/mol. The van der Waals surface area contributed by atoms with Gasteiger partial charge in [0.05, 0.1) is 4.92 Å². The van der Waals surface area contributed by atoms with Crippen molar-refractivity contribution in [2.45, 2.75) is 13.8 Å². The number of aryl methyl sites for hydroxylation is 1. The van der Waals surface area contributed by atoms with E-state index in [4.69, 9.17) is 16.3 Å². The fourth-order valence-electron chi connectivity index (χ4n) is 2.25. The molecular weight excluding hydrogens is 336 g/mol. The second-order valence-corrected chi connectivity index (χ2v) is 5.70. The Labute approximate surface area is 142 Å². The van der Waals surface area contributed by atoms with Crippen molar-refractivity contribution in [3.05, 3.63) is 61.9 Å². The van der Waals surface area contributed by atoms with Crippen LogP contribution in [0.5, 0.6) is 0 Å². The molecule has 0 fully saturated rings. The summed E-state index contributed by atoms with van der Waals surface area (Å²) in [7, 11) is 1.82. The molecule has 0 unspecified atom stereocenters. The van der Waals surface area contributed by atoms with Gasteiger partial charge in [-0.3, -0.25) is 14.9 Å². The number of carbonyl (C=O) groups excluding carboxylic acids is 2. The number of nitrogens with zero attached hydrogens (tertiary/aromatic N) is 2. The number of carbonyl (C=O) groups is 2. The molecule has 2 rings (SSSR count). The molecule has 24 heavy (non-hydrogen) atoms. The lowest BCUT2D eigenvalue weighted by molar-refractivity contribution is -0.385. The number of hydrogen-bond donors (Lipinski definition) is 0. The Balaban J connectivity index is 2.15. The van der Waals surface area contributed by atoms with E-state index in [1.807, 2.05) is 18.5 Å². The van der Waals surface area contributed by atoms with Gasteiger partial charge in [0.25, 0.3) is 5.69 Å². The molecule has 0 aliphatic carbocycles. The number of aromatic nitrogens is 1. The molecule has 8 heteroatoms. The zero-order valence-electron chi connectivity index (χ0n) is 13.3. The molecule has 2 aromatic rings. The van der Waals surface area contributed by atoms with Crippen molar-refractivity contribution in [2.24, 2.45) is 7.05 Å². The molecule has 0 radical (unpaired) electrons. The smallest absolute Gasteiger partial charge is 0.345 e. The van der Waals surface area contributed by atoms with Crippen molar-refractivity contribution in [2.75, 3.05) is 6.61 Å². The van der Waals surface area contributed by atoms with Gasteiger partial charge < -0.3 is 9.30 Å². The largest absolute Gasteiger partial charge is 0.454 e. The highest BCUT2D eigenvalue weighted by molar-refractivity contribution is 6.31. The molecular formula is C16H15ClN2O5. The number of esters is 1. The van der Waals surface area contributed by atoms with Gasteiger partial charge in [-0.05, 0) is 32.0 Å². The lowest BCUT2D eigenvalue weighted by Gasteiger charge is -2.06. The maximum atomic E-state index is 12.2. The summed E-state index contributed by atoms with van der Waals surface area (Å²) in [5, 5.41) is 11.1. The van der Waals surface area contributed by atoms with Crippen LogP contribution in [0, 0.1) is 24.0 Å². The topological polar surface area (TPSA) is 91.4 Å². The molecule has 0 saturated carbocycles. The Morgan fingerprint density at radius 2 is 1.92 bits per heavy atom. The third-order valence-electron chi connectivity index (χ3n) is 3.79. The van der Waals surface area contributed by atoms with Crippen LogP contribution in [0.2, 0.25) is 5.02 Å². The minimum Gasteiger partial charge on any atom is -0.454 e. The van der Waals surface area contributed by atoms with Crippen molar-refractivity contribution in [3.63, 3.8) is 0 Å². The SMILES string of the molecule is Cc1cc(C(=O)COC(=O)c2ccc(Cl)cc2[N+](=O)[O-])c(C)n1C. The van der Waals surface area contributed by atoms with Crippen LogP contribution in [0.25, 0.3) is 0 Å². The Morgan fingerprint density at radius 1 is 1.25 bits per heavy atom. The summed E-state index contributed by atoms with van der Waals surface area (Å²) >= 11 is 5.69. The van der Waals surface area contributed by atoms with Crippen LogP contribution in [-0.4, -0.2) is 27.8 Å². The highest BCUT2D eigenvalue weighted by Gasteiger charge is 2.23. The van der Waals surface area contributed by atoms with E-state index in [0.29, 0.717) is 5.56 Å². The number of ether oxygens (including phenoxy) is 1. The number of hydrogen-bond acceptors (Lipinski definition) is 5. The van der Waals surface area contributed by atoms with Gasteiger partial charge in [-0.25, -0.2) is 4.79 Å². The number of nitro groups is 1. The van der Waals surface area contributed by atoms with Crippen LogP contribution in [0.1, 0.15) is 32.1 Å². The van der Waals surface area contributed by atoms with E-state index in [-0.39, 0.29) is 16.4 Å². The van der Waals surface area contributed by atoms with Gasteiger partial charge in [-0.2, -0.15) is 0 Å². The molecule has 1 aromatic heterocycles. The quantitative estimate of drug-likeness (QED) is 0.357. The third kappa shape index (κ3) is 3.46. The maximum absolute atomic E-state index is 12.2. The highest BCUT2D eigenvalue weighted by atomic mass is 35.5. The van der Waals surface area contributed by atoms with Crippen molar-refractivity contribution in [3.8, 4) is 0 Å². The first-order chi connectivity index (χ1) is 11.2. The summed E-state index contributed by atoms with van der Waals surface area (Å²) in [6.45, 7) is 3.14. The van der Waals surface area contributed by atoms with E-state index in [9.17, 15) is 19.7 Å². The Kier molecular flexibility index (Phi) is 5.04. The fraction of sp³-hybridized carbons (Fsp3) is 0.250. The number of benzene rings is 1. The van der Waals surface area contributed by atoms with E-state index in [1.165, 1.54) is 12.1 Å². The zero-order valence-corrected chi connectivity index (χ0v) is 14.1. The minimum atomic E-state index is -0.947. The van der Waals surface area contributed by atoms with E-state index < -0.39 is 23.2 Å². The van der Waals surface area contributed by atoms with Crippen molar-refractivity contribution >= 4 is 29.0 Å². The molecule has 1 heterocycles. The van der Waals surface area contributed by atoms with E-state index in [0.717, 1.165) is 17.5 Å². The molecule has 0 saturated heterocycles. The average molecular weight is 351 g/mol. The van der Waals surface area contributed by atoms with Crippen molar-refractivity contribution < 1.29 is 19.2 Å². The average Bonchev–Trinajstić information content (AvgIpc) is 2.79. The molecule has 0 atom stereocenters. The summed E-state index contributed by atoms with van der Waals surface area (Å²) < 4.78 is 6.78. The summed E-state index contributed by atoms with van der Waals surface area (Å²) in [6, 6.07) is 5.31. The number of Topliss-reactive ketones (excluding diaryl/α,β-unsaturated/α-hetero) is 1. The lowest BCUT2D eigenvalue weighted by Crippen LogP contribution is -2.16. The summed E-state index contributed by atoms with van der Waals surface area (Å²) in [5.41, 5.74) is 1.39. The Hall–Kier alpha value is -2.67. The molecule has 0 bridgehead atoms. The first-order valence-corrected chi connectivity index (χ1v) is 7.37. The van der Waals surface area contributed by atoms with Crippen LogP contribution >= 0.6 is 11.6 Å². The third-order valence-corrected chi connectivity index (χ3v) is 4.02. The summed E-state index contributed by atoms with van der Waals surface area (Å²) in [4.78, 5) is 34.5. The van der Waals surface area contributed by atoms with Gasteiger partial charge in [-0.15, -0.1) is 0 Å². The van der Waals surface area contributed by atoms with Crippen LogP contribution in [0.15, 0.2) is 24.3 Å². The van der Waals surface area contributed by atoms with Gasteiger partial charge in [0.2, 0.25) is 5.78 Å². The molecule has 0 aliphatic heterocycles. The monoisotopic (exact) mass is 350 g/mol. The predicted octanol–water partition coefficient (Wildman–Crippen LogP) is 3.24. The summed E-state index contributed by atoms with van der Waals surface area (Å²) in [5.74, 6) is -1.32. The second-order valence-electron chi connectivity index (χ2n) is 5.26. The second kappa shape index (κ2) is 6.84. The maximum Gasteiger partial charge on any atom is 0.345 e. The molecule has 0 amide bonds. The summed E-state index contributed by atoms with van der Waals surface area (Å²) in [6.07, 6.45) is 0. The molecule has 0 aliphatic rings. The van der Waals surface area contributed by atoms with Crippen LogP contribution < -0.4 is 0 Å². The molecule has 126 valence electrons. The minimum absolute atomic E-state index is 0.129. The van der Waals surface area contributed by atoms with Crippen LogP contribution in [0.3, 0.4) is 0 Å². The highest BCUT2D eigenvalue weighted by Crippen LogP contribution is 2.24. The van der Waals surface area contributed by atoms with E-state index >= 15 is 0 Å². The van der Waals surface area contributed by atoms with Crippen LogP contribution in [-0.2, 0) is 11.8 Å². The molecule has 0 spiro atoms. The Morgan fingerprint density at radius 3 is 2.46 bits per heavy atom. The lowest BCUT2D eigenvalue weighted by atomic mass is 10.1. The van der Waals surface area contributed by atoms with Gasteiger partial charge in [0.1, 0.15) is 5.56 Å². The van der Waals surface area contributed by atoms with E-state index in [1.54, 1.807) is 13.0 Å². The standard InChI is InChI=1S/C16H15ClN2O5/c1-9-6-13(10(2)18(9)3)15(20)8-24-16(21)12-5-4-11(17)7-14(12)19(22)23/h4-7H,8H2,1-3H3. The van der Waals surface area contributed by atoms with Crippen molar-refractivity contribution in [1.82, 2.24) is 4.57 Å². The molecule has 1 aromatic carbocycles. The molecule has 0 N–H and O–H groups in total. The van der Waals surface area contributed by atoms with Gasteiger partial charge in [0.15, 0.2) is 6.61 Å². The van der Waals surface area contributed by atoms with Gasteiger partial charge in [0, 0.05) is 35.1 Å². The van der Waals surface area contributed by atoms with Gasteiger partial charge in [-0.1, -0.05) is 11.6 Å². The number of ketones is 1. The first kappa shape index (κ1) is 17.7. The van der Waals surface area contributed by atoms with E-state index in [2.05, 4.69) is 0 Å². The number of nitro benzene ring substituents is 1. The first-order valence-electron chi connectivity index (χ1n) is 6.99. The number of halogens is 1. The Bertz CT molecular complexity index is 841. The van der Waals surface area contributed by atoms with Gasteiger partial charge >= 0.3 is 5.97 Å². The zero-order chi connectivity index (χ0) is 18.0. The molecule has 7 nitrogen and oxygen atoms in total. The fourth-order valence-corrected chi connectivity index (χ4v) is 2.42. The van der Waals surface area contributed by atoms with Crippen LogP contribution in [0.4, 0.5) is 5.69 Å². The number of rotatable bonds is 5. The van der Waals surface area contributed by atoms with Crippen molar-refractivity contribution in [1.29, 1.82) is 0 Å². The normalized spacial score (nSPS) is 10.5.